The Balaban J connectivity index is 2.29. The number of nitro groups is 1. The topological polar surface area (TPSA) is 114 Å². The smallest absolute Gasteiger partial charge is 0.271 e. The molecule has 0 fully saturated rings. The van der Waals surface area contributed by atoms with Crippen LogP contribution in [0.1, 0.15) is 25.3 Å². The van der Waals surface area contributed by atoms with Gasteiger partial charge in [-0.2, -0.15) is 5.26 Å². The van der Waals surface area contributed by atoms with E-state index in [0.29, 0.717) is 17.9 Å². The summed E-state index contributed by atoms with van der Waals surface area (Å²) >= 11 is 0. The van der Waals surface area contributed by atoms with Crippen molar-refractivity contribution in [3.8, 4) is 17.6 Å². The summed E-state index contributed by atoms with van der Waals surface area (Å²) in [6.07, 6.45) is 3.28. The molecule has 8 nitrogen and oxygen atoms in total. The number of non-ortho nitro benzene ring substituents is 1. The van der Waals surface area contributed by atoms with E-state index >= 15 is 0 Å². The van der Waals surface area contributed by atoms with E-state index in [2.05, 4.69) is 12.2 Å². The summed E-state index contributed by atoms with van der Waals surface area (Å²) in [5.41, 5.74) is 0.296. The van der Waals surface area contributed by atoms with Crippen molar-refractivity contribution in [2.75, 3.05) is 19.0 Å². The average molecular weight is 395 g/mol. The van der Waals surface area contributed by atoms with Crippen molar-refractivity contribution in [2.45, 2.75) is 19.8 Å². The minimum atomic E-state index is -0.713. The Kier molecular flexibility index (Phi) is 7.74. The van der Waals surface area contributed by atoms with Gasteiger partial charge >= 0.3 is 0 Å². The first-order valence-corrected chi connectivity index (χ1v) is 8.97. The van der Waals surface area contributed by atoms with Gasteiger partial charge in [-0.15, -0.1) is 0 Å². The number of amides is 1. The number of nitro benzene ring substituents is 1. The molecule has 0 radical (unpaired) electrons. The van der Waals surface area contributed by atoms with Gasteiger partial charge in [-0.3, -0.25) is 14.9 Å². The molecule has 8 heteroatoms. The van der Waals surface area contributed by atoms with Crippen LogP contribution in [0.5, 0.6) is 11.5 Å². The van der Waals surface area contributed by atoms with Crippen LogP contribution in [-0.2, 0) is 4.79 Å². The molecule has 1 N–H and O–H groups in total. The van der Waals surface area contributed by atoms with Crippen LogP contribution < -0.4 is 14.8 Å². The number of nitrogens with zero attached hydrogens (tertiary/aromatic N) is 2. The van der Waals surface area contributed by atoms with Crippen molar-refractivity contribution < 1.29 is 19.2 Å². The van der Waals surface area contributed by atoms with Gasteiger partial charge < -0.3 is 14.8 Å². The zero-order valence-corrected chi connectivity index (χ0v) is 16.2. The molecule has 0 unspecified atom stereocenters. The second-order valence-electron chi connectivity index (χ2n) is 6.01. The lowest BCUT2D eigenvalue weighted by Gasteiger charge is -2.11. The maximum absolute atomic E-state index is 12.6. The number of hydrogen-bond donors (Lipinski definition) is 1. The van der Waals surface area contributed by atoms with E-state index in [0.717, 1.165) is 12.8 Å². The molecule has 0 aliphatic carbocycles. The molecule has 0 aromatic heterocycles. The highest BCUT2D eigenvalue weighted by atomic mass is 16.6. The van der Waals surface area contributed by atoms with Crippen molar-refractivity contribution in [3.63, 3.8) is 0 Å². The quantitative estimate of drug-likeness (QED) is 0.222. The van der Waals surface area contributed by atoms with Crippen molar-refractivity contribution in [1.29, 1.82) is 5.26 Å². The number of para-hydroxylation sites is 1. The fraction of sp³-hybridized carbons (Fsp3) is 0.238. The molecule has 0 aliphatic heterocycles. The monoisotopic (exact) mass is 395 g/mol. The van der Waals surface area contributed by atoms with Crippen LogP contribution in [0.4, 0.5) is 11.4 Å². The van der Waals surface area contributed by atoms with Crippen molar-refractivity contribution in [3.05, 3.63) is 63.7 Å². The van der Waals surface area contributed by atoms with E-state index in [-0.39, 0.29) is 22.7 Å². The molecular weight excluding hydrogens is 374 g/mol. The normalized spacial score (nSPS) is 10.7. The Bertz CT molecular complexity index is 963. The molecule has 1 amide bonds. The summed E-state index contributed by atoms with van der Waals surface area (Å²) in [6.45, 7) is 2.58. The van der Waals surface area contributed by atoms with E-state index in [9.17, 15) is 20.2 Å². The molecule has 0 aliphatic rings. The second kappa shape index (κ2) is 10.5. The summed E-state index contributed by atoms with van der Waals surface area (Å²) in [4.78, 5) is 23.0. The summed E-state index contributed by atoms with van der Waals surface area (Å²) in [7, 11) is 1.38. The molecular formula is C21H21N3O5. The fourth-order valence-corrected chi connectivity index (χ4v) is 2.46. The molecule has 2 aromatic carbocycles. The zero-order valence-electron chi connectivity index (χ0n) is 16.2. The number of carbonyl (C=O) groups excluding carboxylic acids is 1. The fourth-order valence-electron chi connectivity index (χ4n) is 2.46. The maximum atomic E-state index is 12.6. The first kappa shape index (κ1) is 21.4. The SMILES string of the molecule is CCCCOc1ccccc1/C=C(\C#N)C(=O)Nc1cc([N+](=O)[O-])ccc1OC. The summed E-state index contributed by atoms with van der Waals surface area (Å²) in [5, 5.41) is 22.9. The Labute approximate surface area is 168 Å². The molecule has 0 saturated carbocycles. The Morgan fingerprint density at radius 3 is 2.69 bits per heavy atom. The lowest BCUT2D eigenvalue weighted by Crippen LogP contribution is -2.14. The summed E-state index contributed by atoms with van der Waals surface area (Å²) in [5.74, 6) is 0.0913. The molecule has 0 spiro atoms. The van der Waals surface area contributed by atoms with Crippen molar-refractivity contribution in [1.82, 2.24) is 0 Å². The van der Waals surface area contributed by atoms with Gasteiger partial charge in [0, 0.05) is 17.7 Å². The first-order chi connectivity index (χ1) is 14.0. The third-order valence-electron chi connectivity index (χ3n) is 3.98. The third-order valence-corrected chi connectivity index (χ3v) is 3.98. The Hall–Kier alpha value is -3.86. The van der Waals surface area contributed by atoms with Crippen LogP contribution in [0.25, 0.3) is 6.08 Å². The van der Waals surface area contributed by atoms with E-state index < -0.39 is 10.8 Å². The molecule has 0 heterocycles. The first-order valence-electron chi connectivity index (χ1n) is 8.97. The van der Waals surface area contributed by atoms with Crippen LogP contribution in [0, 0.1) is 21.4 Å². The molecule has 2 rings (SSSR count). The number of benzene rings is 2. The van der Waals surface area contributed by atoms with Gasteiger partial charge in [0.15, 0.2) is 0 Å². The van der Waals surface area contributed by atoms with Gasteiger partial charge in [-0.1, -0.05) is 31.5 Å². The zero-order chi connectivity index (χ0) is 21.2. The average Bonchev–Trinajstić information content (AvgIpc) is 2.72. The standard InChI is InChI=1S/C21H21N3O5/c1-3-4-11-29-19-8-6-5-7-15(19)12-16(14-22)21(25)23-18-13-17(24(26)27)9-10-20(18)28-2/h5-10,12-13H,3-4,11H2,1-2H3,(H,23,25)/b16-12+. The molecule has 2 aromatic rings. The van der Waals surface area contributed by atoms with Gasteiger partial charge in [0.25, 0.3) is 11.6 Å². The predicted octanol–water partition coefficient (Wildman–Crippen LogP) is 4.33. The summed E-state index contributed by atoms with van der Waals surface area (Å²) in [6, 6.07) is 12.7. The van der Waals surface area contributed by atoms with Gasteiger partial charge in [0.2, 0.25) is 0 Å². The Morgan fingerprint density at radius 1 is 1.28 bits per heavy atom. The summed E-state index contributed by atoms with van der Waals surface area (Å²) < 4.78 is 10.8. The second-order valence-corrected chi connectivity index (χ2v) is 6.01. The number of carbonyl (C=O) groups is 1. The number of hydrogen-bond acceptors (Lipinski definition) is 6. The highest BCUT2D eigenvalue weighted by Crippen LogP contribution is 2.29. The minimum absolute atomic E-state index is 0.0975. The van der Waals surface area contributed by atoms with Crippen LogP contribution >= 0.6 is 0 Å². The van der Waals surface area contributed by atoms with Crippen LogP contribution in [0.2, 0.25) is 0 Å². The van der Waals surface area contributed by atoms with Gasteiger partial charge in [0.1, 0.15) is 23.1 Å². The maximum Gasteiger partial charge on any atom is 0.271 e. The molecule has 150 valence electrons. The highest BCUT2D eigenvalue weighted by Gasteiger charge is 2.16. The number of anilines is 1. The van der Waals surface area contributed by atoms with Crippen molar-refractivity contribution >= 4 is 23.4 Å². The number of rotatable bonds is 9. The predicted molar refractivity (Wildman–Crippen MR) is 109 cm³/mol. The number of nitrogens with one attached hydrogen (secondary N) is 1. The number of nitriles is 1. The minimum Gasteiger partial charge on any atom is -0.495 e. The van der Waals surface area contributed by atoms with Gasteiger partial charge in [-0.25, -0.2) is 0 Å². The van der Waals surface area contributed by atoms with Crippen LogP contribution in [0.3, 0.4) is 0 Å². The van der Waals surface area contributed by atoms with Crippen LogP contribution in [0.15, 0.2) is 48.0 Å². The van der Waals surface area contributed by atoms with Gasteiger partial charge in [0.05, 0.1) is 24.3 Å². The largest absolute Gasteiger partial charge is 0.495 e. The number of methoxy groups -OCH3 is 1. The van der Waals surface area contributed by atoms with Gasteiger partial charge in [-0.05, 0) is 24.6 Å². The highest BCUT2D eigenvalue weighted by molar-refractivity contribution is 6.10. The lowest BCUT2D eigenvalue weighted by atomic mass is 10.1. The molecule has 29 heavy (non-hydrogen) atoms. The molecule has 0 saturated heterocycles. The van der Waals surface area contributed by atoms with E-state index in [1.54, 1.807) is 24.3 Å². The molecule has 0 bridgehead atoms. The number of unbranched alkanes of at least 4 members (excludes halogenated alkanes) is 1. The van der Waals surface area contributed by atoms with Crippen LogP contribution in [-0.4, -0.2) is 24.5 Å². The third kappa shape index (κ3) is 5.81. The Morgan fingerprint density at radius 2 is 2.03 bits per heavy atom. The lowest BCUT2D eigenvalue weighted by molar-refractivity contribution is -0.384. The van der Waals surface area contributed by atoms with E-state index in [4.69, 9.17) is 9.47 Å². The van der Waals surface area contributed by atoms with Crippen molar-refractivity contribution in [2.24, 2.45) is 0 Å². The number of ether oxygens (including phenoxy) is 2. The van der Waals surface area contributed by atoms with E-state index in [1.807, 2.05) is 6.07 Å². The molecule has 0 atom stereocenters. The van der Waals surface area contributed by atoms with E-state index in [1.165, 1.54) is 31.4 Å².